The quantitative estimate of drug-likeness (QED) is 0.626. The van der Waals surface area contributed by atoms with Crippen LogP contribution in [0.5, 0.6) is 0 Å². The van der Waals surface area contributed by atoms with Crippen LogP contribution >= 0.6 is 11.6 Å². The molecule has 0 spiro atoms. The number of benzene rings is 1. The monoisotopic (exact) mass is 218 g/mol. The van der Waals surface area contributed by atoms with Crippen molar-refractivity contribution in [2.45, 2.75) is 6.92 Å². The number of anilines is 2. The average Bonchev–Trinajstić information content (AvgIpc) is 2.15. The number of halogens is 2. The first kappa shape index (κ1) is 11.1. The van der Waals surface area contributed by atoms with Gasteiger partial charge >= 0.3 is 0 Å². The minimum absolute atomic E-state index is 0.0321. The SMILES string of the molecule is CCN(OC)c1cc(Cl)c(F)cc1N. The molecule has 5 heteroatoms. The van der Waals surface area contributed by atoms with Gasteiger partial charge in [0.25, 0.3) is 0 Å². The molecule has 0 saturated heterocycles. The average molecular weight is 219 g/mol. The fourth-order valence-corrected chi connectivity index (χ4v) is 1.32. The highest BCUT2D eigenvalue weighted by Gasteiger charge is 2.11. The van der Waals surface area contributed by atoms with Crippen molar-refractivity contribution in [3.05, 3.63) is 23.0 Å². The van der Waals surface area contributed by atoms with E-state index in [1.165, 1.54) is 24.3 Å². The zero-order valence-electron chi connectivity index (χ0n) is 8.05. The van der Waals surface area contributed by atoms with Crippen molar-refractivity contribution in [3.63, 3.8) is 0 Å². The van der Waals surface area contributed by atoms with Crippen LogP contribution < -0.4 is 10.8 Å². The third-order valence-corrected chi connectivity index (χ3v) is 2.14. The summed E-state index contributed by atoms with van der Waals surface area (Å²) in [6.45, 7) is 2.49. The van der Waals surface area contributed by atoms with Crippen LogP contribution in [-0.2, 0) is 4.84 Å². The number of hydrogen-bond donors (Lipinski definition) is 1. The summed E-state index contributed by atoms with van der Waals surface area (Å²) in [5, 5.41) is 1.56. The molecule has 2 N–H and O–H groups in total. The van der Waals surface area contributed by atoms with E-state index < -0.39 is 5.82 Å². The van der Waals surface area contributed by atoms with E-state index in [1.807, 2.05) is 6.92 Å². The fourth-order valence-electron chi connectivity index (χ4n) is 1.17. The number of nitrogens with two attached hydrogens (primary N) is 1. The Hall–Kier alpha value is -1.00. The largest absolute Gasteiger partial charge is 0.397 e. The minimum atomic E-state index is -0.528. The van der Waals surface area contributed by atoms with Gasteiger partial charge in [-0.2, -0.15) is 0 Å². The predicted molar refractivity (Wildman–Crippen MR) is 55.9 cm³/mol. The predicted octanol–water partition coefficient (Wildman–Crippen LogP) is 2.45. The lowest BCUT2D eigenvalue weighted by atomic mass is 10.2. The van der Waals surface area contributed by atoms with E-state index in [-0.39, 0.29) is 5.02 Å². The van der Waals surface area contributed by atoms with Gasteiger partial charge in [0.15, 0.2) is 0 Å². The van der Waals surface area contributed by atoms with Crippen molar-refractivity contribution in [2.75, 3.05) is 24.5 Å². The van der Waals surface area contributed by atoms with Gasteiger partial charge in [-0.3, -0.25) is 9.90 Å². The van der Waals surface area contributed by atoms with Gasteiger partial charge in [-0.25, -0.2) is 4.39 Å². The van der Waals surface area contributed by atoms with Crippen molar-refractivity contribution in [1.29, 1.82) is 0 Å². The standard InChI is InChI=1S/C9H12ClFN2O/c1-3-13(14-2)9-4-6(10)7(11)5-8(9)12/h4-5H,3,12H2,1-2H3. The van der Waals surface area contributed by atoms with Gasteiger partial charge in [-0.1, -0.05) is 11.6 Å². The lowest BCUT2D eigenvalue weighted by molar-refractivity contribution is 0.171. The third-order valence-electron chi connectivity index (χ3n) is 1.85. The molecule has 3 nitrogen and oxygen atoms in total. The first-order valence-electron chi connectivity index (χ1n) is 4.16. The minimum Gasteiger partial charge on any atom is -0.397 e. The first-order valence-corrected chi connectivity index (χ1v) is 4.54. The summed E-state index contributed by atoms with van der Waals surface area (Å²) >= 11 is 5.63. The molecule has 1 aromatic rings. The van der Waals surface area contributed by atoms with E-state index in [0.717, 1.165) is 0 Å². The molecule has 0 aliphatic carbocycles. The van der Waals surface area contributed by atoms with Gasteiger partial charge in [0.1, 0.15) is 5.82 Å². The Labute approximate surface area is 87.2 Å². The zero-order chi connectivity index (χ0) is 10.7. The molecular weight excluding hydrogens is 207 g/mol. The topological polar surface area (TPSA) is 38.5 Å². The second-order valence-electron chi connectivity index (χ2n) is 2.70. The maximum Gasteiger partial charge on any atom is 0.143 e. The van der Waals surface area contributed by atoms with Crippen LogP contribution in [0.1, 0.15) is 6.92 Å². The van der Waals surface area contributed by atoms with Crippen LogP contribution in [0.15, 0.2) is 12.1 Å². The lowest BCUT2D eigenvalue weighted by Crippen LogP contribution is -2.22. The molecule has 0 aromatic heterocycles. The molecule has 0 aliphatic heterocycles. The smallest absolute Gasteiger partial charge is 0.143 e. The Morgan fingerprint density at radius 2 is 2.21 bits per heavy atom. The molecule has 1 rings (SSSR count). The third kappa shape index (κ3) is 2.08. The van der Waals surface area contributed by atoms with Crippen LogP contribution in [0.25, 0.3) is 0 Å². The highest BCUT2D eigenvalue weighted by molar-refractivity contribution is 6.31. The Kier molecular flexibility index (Phi) is 3.55. The fraction of sp³-hybridized carbons (Fsp3) is 0.333. The summed E-state index contributed by atoms with van der Waals surface area (Å²) in [5.41, 5.74) is 6.49. The second-order valence-corrected chi connectivity index (χ2v) is 3.11. The highest BCUT2D eigenvalue weighted by Crippen LogP contribution is 2.29. The van der Waals surface area contributed by atoms with Crippen LogP contribution in [0, 0.1) is 5.82 Å². The molecule has 0 amide bonds. The summed E-state index contributed by atoms with van der Waals surface area (Å²) in [6.07, 6.45) is 0. The van der Waals surface area contributed by atoms with Gasteiger partial charge in [0.2, 0.25) is 0 Å². The molecule has 1 aromatic carbocycles. The molecule has 0 atom stereocenters. The van der Waals surface area contributed by atoms with E-state index in [2.05, 4.69) is 0 Å². The first-order chi connectivity index (χ1) is 6.60. The molecule has 0 fully saturated rings. The van der Waals surface area contributed by atoms with E-state index in [1.54, 1.807) is 0 Å². The van der Waals surface area contributed by atoms with E-state index >= 15 is 0 Å². The number of nitrogens with zero attached hydrogens (tertiary/aromatic N) is 1. The van der Waals surface area contributed by atoms with Crippen LogP contribution in [0.3, 0.4) is 0 Å². The molecule has 0 unspecified atom stereocenters. The van der Waals surface area contributed by atoms with Crippen molar-refractivity contribution >= 4 is 23.0 Å². The number of rotatable bonds is 3. The Balaban J connectivity index is 3.14. The van der Waals surface area contributed by atoms with E-state index in [9.17, 15) is 4.39 Å². The molecule has 0 radical (unpaired) electrons. The second kappa shape index (κ2) is 4.48. The lowest BCUT2D eigenvalue weighted by Gasteiger charge is -2.21. The number of hydroxylamine groups is 1. The van der Waals surface area contributed by atoms with Crippen LogP contribution in [-0.4, -0.2) is 13.7 Å². The van der Waals surface area contributed by atoms with Gasteiger partial charge < -0.3 is 5.73 Å². The van der Waals surface area contributed by atoms with E-state index in [0.29, 0.717) is 17.9 Å². The van der Waals surface area contributed by atoms with Gasteiger partial charge in [-0.05, 0) is 13.0 Å². The molecule has 78 valence electrons. The van der Waals surface area contributed by atoms with Crippen molar-refractivity contribution in [3.8, 4) is 0 Å². The van der Waals surface area contributed by atoms with Crippen LogP contribution in [0.2, 0.25) is 5.02 Å². The highest BCUT2D eigenvalue weighted by atomic mass is 35.5. The molecule has 0 heterocycles. The Morgan fingerprint density at radius 1 is 1.57 bits per heavy atom. The van der Waals surface area contributed by atoms with Gasteiger partial charge in [-0.15, -0.1) is 0 Å². The van der Waals surface area contributed by atoms with Crippen molar-refractivity contribution < 1.29 is 9.23 Å². The Morgan fingerprint density at radius 3 is 2.71 bits per heavy atom. The van der Waals surface area contributed by atoms with E-state index in [4.69, 9.17) is 22.2 Å². The molecule has 0 aliphatic rings. The molecule has 0 saturated carbocycles. The number of hydrogen-bond acceptors (Lipinski definition) is 3. The summed E-state index contributed by atoms with van der Waals surface area (Å²) in [7, 11) is 1.51. The summed E-state index contributed by atoms with van der Waals surface area (Å²) in [6, 6.07) is 2.62. The van der Waals surface area contributed by atoms with Crippen LogP contribution in [0.4, 0.5) is 15.8 Å². The summed E-state index contributed by atoms with van der Waals surface area (Å²) < 4.78 is 13.0. The summed E-state index contributed by atoms with van der Waals surface area (Å²) in [5.74, 6) is -0.528. The van der Waals surface area contributed by atoms with Crippen molar-refractivity contribution in [2.24, 2.45) is 0 Å². The van der Waals surface area contributed by atoms with Gasteiger partial charge in [0.05, 0.1) is 23.5 Å². The molecular formula is C9H12ClFN2O. The zero-order valence-corrected chi connectivity index (χ0v) is 8.81. The normalized spacial score (nSPS) is 10.3. The maximum absolute atomic E-state index is 13.0. The maximum atomic E-state index is 13.0. The molecule has 0 bridgehead atoms. The molecule has 14 heavy (non-hydrogen) atoms. The van der Waals surface area contributed by atoms with Crippen molar-refractivity contribution in [1.82, 2.24) is 0 Å². The Bertz CT molecular complexity index is 329. The van der Waals surface area contributed by atoms with Gasteiger partial charge in [0, 0.05) is 12.6 Å². The number of nitrogen functional groups attached to an aromatic ring is 1. The summed E-state index contributed by atoms with van der Waals surface area (Å²) in [4.78, 5) is 5.03.